The summed E-state index contributed by atoms with van der Waals surface area (Å²) < 4.78 is 7.07. The summed E-state index contributed by atoms with van der Waals surface area (Å²) in [5, 5.41) is 4.73. The van der Waals surface area contributed by atoms with Crippen molar-refractivity contribution in [2.75, 3.05) is 26.3 Å². The number of carbonyl (C=O) groups excluding carboxylic acids is 1. The van der Waals surface area contributed by atoms with Crippen LogP contribution in [0.4, 0.5) is 0 Å². The van der Waals surface area contributed by atoms with E-state index in [1.54, 1.807) is 16.9 Å². The van der Waals surface area contributed by atoms with Gasteiger partial charge in [0.2, 0.25) is 0 Å². The van der Waals surface area contributed by atoms with E-state index >= 15 is 0 Å². The number of aromatic nitrogens is 4. The summed E-state index contributed by atoms with van der Waals surface area (Å²) >= 11 is 0. The van der Waals surface area contributed by atoms with Gasteiger partial charge in [0.15, 0.2) is 5.65 Å². The van der Waals surface area contributed by atoms with Crippen molar-refractivity contribution in [2.24, 2.45) is 0 Å². The van der Waals surface area contributed by atoms with E-state index < -0.39 is 0 Å². The molecule has 0 saturated carbocycles. The molecular weight excluding hydrogens is 402 g/mol. The minimum atomic E-state index is 0.0294. The van der Waals surface area contributed by atoms with Gasteiger partial charge in [-0.25, -0.2) is 9.50 Å². The third kappa shape index (κ3) is 4.09. The summed E-state index contributed by atoms with van der Waals surface area (Å²) in [7, 11) is 0. The Morgan fingerprint density at radius 2 is 1.81 bits per heavy atom. The molecule has 1 aliphatic rings. The van der Waals surface area contributed by atoms with Crippen LogP contribution >= 0.6 is 0 Å². The molecule has 1 aliphatic heterocycles. The van der Waals surface area contributed by atoms with Gasteiger partial charge in [0.1, 0.15) is 5.69 Å². The minimum Gasteiger partial charge on any atom is -0.378 e. The zero-order valence-electron chi connectivity index (χ0n) is 17.7. The lowest BCUT2D eigenvalue weighted by Gasteiger charge is -2.26. The van der Waals surface area contributed by atoms with Crippen LogP contribution in [0.3, 0.4) is 0 Å². The quantitative estimate of drug-likeness (QED) is 0.464. The average Bonchev–Trinajstić information content (AvgIpc) is 3.25. The number of fused-ring (bicyclic) bond motifs is 1. The second-order valence-electron chi connectivity index (χ2n) is 7.55. The van der Waals surface area contributed by atoms with Crippen LogP contribution in [-0.2, 0) is 4.74 Å². The molecule has 158 valence electrons. The van der Waals surface area contributed by atoms with E-state index in [-0.39, 0.29) is 5.91 Å². The summed E-state index contributed by atoms with van der Waals surface area (Å²) in [4.78, 5) is 23.1. The average molecular weight is 423 g/mol. The van der Waals surface area contributed by atoms with Gasteiger partial charge in [-0.1, -0.05) is 18.1 Å². The highest BCUT2D eigenvalue weighted by molar-refractivity contribution is 5.94. The number of hydrogen-bond acceptors (Lipinski definition) is 5. The molecule has 1 fully saturated rings. The molecule has 0 N–H and O–H groups in total. The van der Waals surface area contributed by atoms with Gasteiger partial charge < -0.3 is 9.64 Å². The molecule has 0 spiro atoms. The standard InChI is InChI=1S/C25H21N5O2/c1-18-16-19(10-11-26-18)2-7-22-17-27-24-9-8-23(28-30(22)24)20-3-5-21(6-4-20)25(31)29-12-14-32-15-13-29/h3-6,8-11,16-17H,12-15H2,1H3. The first-order chi connectivity index (χ1) is 15.7. The Morgan fingerprint density at radius 3 is 2.59 bits per heavy atom. The van der Waals surface area contributed by atoms with Crippen molar-refractivity contribution in [1.82, 2.24) is 24.5 Å². The topological polar surface area (TPSA) is 72.6 Å². The van der Waals surface area contributed by atoms with E-state index in [4.69, 9.17) is 9.84 Å². The molecule has 4 aromatic rings. The summed E-state index contributed by atoms with van der Waals surface area (Å²) in [6, 6.07) is 15.2. The van der Waals surface area contributed by atoms with Crippen LogP contribution in [-0.4, -0.2) is 56.7 Å². The van der Waals surface area contributed by atoms with Crippen molar-refractivity contribution in [3.63, 3.8) is 0 Å². The number of amides is 1. The zero-order valence-corrected chi connectivity index (χ0v) is 17.7. The molecule has 7 heteroatoms. The number of hydrogen-bond donors (Lipinski definition) is 0. The zero-order chi connectivity index (χ0) is 21.9. The van der Waals surface area contributed by atoms with Gasteiger partial charge in [-0.2, -0.15) is 5.10 Å². The van der Waals surface area contributed by atoms with Gasteiger partial charge >= 0.3 is 0 Å². The SMILES string of the molecule is Cc1cc(C#Cc2cnc3ccc(-c4ccc(C(=O)N5CCOCC5)cc4)nn23)ccn1. The first-order valence-corrected chi connectivity index (χ1v) is 10.4. The van der Waals surface area contributed by atoms with Crippen molar-refractivity contribution < 1.29 is 9.53 Å². The van der Waals surface area contributed by atoms with E-state index in [0.29, 0.717) is 37.6 Å². The number of morpholine rings is 1. The Morgan fingerprint density at radius 1 is 1.00 bits per heavy atom. The molecule has 4 heterocycles. The molecule has 0 bridgehead atoms. The van der Waals surface area contributed by atoms with Gasteiger partial charge in [-0.05, 0) is 49.2 Å². The van der Waals surface area contributed by atoms with Crippen molar-refractivity contribution >= 4 is 11.6 Å². The number of ether oxygens (including phenoxy) is 1. The summed E-state index contributed by atoms with van der Waals surface area (Å²) in [5.74, 6) is 6.33. The van der Waals surface area contributed by atoms with Crippen molar-refractivity contribution in [3.05, 3.63) is 83.4 Å². The third-order valence-corrected chi connectivity index (χ3v) is 5.32. The van der Waals surface area contributed by atoms with E-state index in [1.165, 1.54) is 0 Å². The number of imidazole rings is 1. The molecule has 0 aliphatic carbocycles. The summed E-state index contributed by atoms with van der Waals surface area (Å²) in [5.41, 5.74) is 5.61. The number of aryl methyl sites for hydroxylation is 1. The molecule has 7 nitrogen and oxygen atoms in total. The first-order valence-electron chi connectivity index (χ1n) is 10.4. The van der Waals surface area contributed by atoms with Crippen LogP contribution in [0.15, 0.2) is 60.9 Å². The number of benzene rings is 1. The summed E-state index contributed by atoms with van der Waals surface area (Å²) in [6.07, 6.45) is 3.47. The van der Waals surface area contributed by atoms with Gasteiger partial charge in [0, 0.05) is 41.7 Å². The lowest BCUT2D eigenvalue weighted by molar-refractivity contribution is 0.0303. The highest BCUT2D eigenvalue weighted by Gasteiger charge is 2.18. The molecule has 1 amide bonds. The van der Waals surface area contributed by atoms with Crippen LogP contribution in [0.25, 0.3) is 16.9 Å². The maximum atomic E-state index is 12.7. The molecule has 0 atom stereocenters. The second kappa shape index (κ2) is 8.61. The lowest BCUT2D eigenvalue weighted by atomic mass is 10.1. The molecule has 0 radical (unpaired) electrons. The third-order valence-electron chi connectivity index (χ3n) is 5.32. The van der Waals surface area contributed by atoms with Crippen LogP contribution in [0, 0.1) is 18.8 Å². The monoisotopic (exact) mass is 423 g/mol. The van der Waals surface area contributed by atoms with Crippen LogP contribution < -0.4 is 0 Å². The Bertz CT molecular complexity index is 1340. The second-order valence-corrected chi connectivity index (χ2v) is 7.55. The number of pyridine rings is 1. The maximum Gasteiger partial charge on any atom is 0.254 e. The van der Waals surface area contributed by atoms with Crippen molar-refractivity contribution in [3.8, 4) is 23.1 Å². The predicted octanol–water partition coefficient (Wildman–Crippen LogP) is 2.97. The van der Waals surface area contributed by atoms with E-state index in [9.17, 15) is 4.79 Å². The predicted molar refractivity (Wildman–Crippen MR) is 120 cm³/mol. The fraction of sp³-hybridized carbons (Fsp3) is 0.200. The highest BCUT2D eigenvalue weighted by Crippen LogP contribution is 2.19. The molecule has 3 aromatic heterocycles. The largest absolute Gasteiger partial charge is 0.378 e. The normalized spacial score (nSPS) is 13.6. The number of nitrogens with zero attached hydrogens (tertiary/aromatic N) is 5. The minimum absolute atomic E-state index is 0.0294. The van der Waals surface area contributed by atoms with Crippen molar-refractivity contribution in [2.45, 2.75) is 6.92 Å². The van der Waals surface area contributed by atoms with Crippen LogP contribution in [0.1, 0.15) is 27.3 Å². The fourth-order valence-electron chi connectivity index (χ4n) is 3.60. The molecule has 1 aromatic carbocycles. The van der Waals surface area contributed by atoms with Gasteiger partial charge in [0.05, 0.1) is 25.1 Å². The molecular formula is C25H21N5O2. The van der Waals surface area contributed by atoms with E-state index in [2.05, 4.69) is 21.8 Å². The van der Waals surface area contributed by atoms with E-state index in [0.717, 1.165) is 28.2 Å². The van der Waals surface area contributed by atoms with Gasteiger partial charge in [0.25, 0.3) is 5.91 Å². The number of carbonyl (C=O) groups is 1. The van der Waals surface area contributed by atoms with Gasteiger partial charge in [-0.3, -0.25) is 9.78 Å². The van der Waals surface area contributed by atoms with Crippen LogP contribution in [0.2, 0.25) is 0 Å². The Labute approximate surface area is 185 Å². The smallest absolute Gasteiger partial charge is 0.254 e. The Kier molecular flexibility index (Phi) is 5.36. The molecule has 32 heavy (non-hydrogen) atoms. The summed E-state index contributed by atoms with van der Waals surface area (Å²) in [6.45, 7) is 4.37. The molecule has 5 rings (SSSR count). The Balaban J connectivity index is 1.41. The first kappa shape index (κ1) is 19.9. The Hall–Kier alpha value is -4.02. The lowest BCUT2D eigenvalue weighted by Crippen LogP contribution is -2.40. The molecule has 1 saturated heterocycles. The number of rotatable bonds is 2. The van der Waals surface area contributed by atoms with Crippen LogP contribution in [0.5, 0.6) is 0 Å². The van der Waals surface area contributed by atoms with E-state index in [1.807, 2.05) is 60.4 Å². The fourth-order valence-corrected chi connectivity index (χ4v) is 3.60. The maximum absolute atomic E-state index is 12.7. The van der Waals surface area contributed by atoms with Crippen molar-refractivity contribution in [1.29, 1.82) is 0 Å². The van der Waals surface area contributed by atoms with Gasteiger partial charge in [-0.15, -0.1) is 0 Å². The molecule has 0 unspecified atom stereocenters. The highest BCUT2D eigenvalue weighted by atomic mass is 16.5.